The van der Waals surface area contributed by atoms with E-state index < -0.39 is 5.97 Å². The summed E-state index contributed by atoms with van der Waals surface area (Å²) in [5.74, 6) is -0.259. The molecule has 0 aliphatic carbocycles. The maximum Gasteiger partial charge on any atom is 0.342 e. The molecule has 18 heavy (non-hydrogen) atoms. The van der Waals surface area contributed by atoms with Crippen molar-refractivity contribution in [2.75, 3.05) is 7.11 Å². The van der Waals surface area contributed by atoms with Gasteiger partial charge in [0.25, 0.3) is 0 Å². The molecular formula is C13H13NO4. The number of benzene rings is 1. The van der Waals surface area contributed by atoms with Gasteiger partial charge in [-0.05, 0) is 6.07 Å². The predicted octanol–water partition coefficient (Wildman–Crippen LogP) is 1.86. The molecule has 0 bridgehead atoms. The van der Waals surface area contributed by atoms with Crippen molar-refractivity contribution in [3.8, 4) is 0 Å². The standard InChI is InChI=1S/C13H13NO4/c1-8(15)14-7-11-12(13(16)17-2)9-5-3-4-6-10(9)18-11/h3-6H,7H2,1-2H3,(H,14,15). The summed E-state index contributed by atoms with van der Waals surface area (Å²) in [6.07, 6.45) is 0. The topological polar surface area (TPSA) is 68.5 Å². The van der Waals surface area contributed by atoms with Crippen LogP contribution in [-0.2, 0) is 16.1 Å². The summed E-state index contributed by atoms with van der Waals surface area (Å²) in [6.45, 7) is 1.56. The number of fused-ring (bicyclic) bond motifs is 1. The average Bonchev–Trinajstić information content (AvgIpc) is 2.73. The third-order valence-corrected chi connectivity index (χ3v) is 2.56. The first-order valence-electron chi connectivity index (χ1n) is 5.46. The number of furan rings is 1. The SMILES string of the molecule is COC(=O)c1c(CNC(C)=O)oc2ccccc12. The molecule has 0 saturated heterocycles. The Morgan fingerprint density at radius 2 is 2.06 bits per heavy atom. The van der Waals surface area contributed by atoms with Crippen molar-refractivity contribution in [3.63, 3.8) is 0 Å². The van der Waals surface area contributed by atoms with Crippen LogP contribution in [0.2, 0.25) is 0 Å². The summed E-state index contributed by atoms with van der Waals surface area (Å²) in [5, 5.41) is 3.29. The van der Waals surface area contributed by atoms with Crippen LogP contribution in [0.3, 0.4) is 0 Å². The number of methoxy groups -OCH3 is 1. The Bertz CT molecular complexity index is 600. The molecule has 1 aromatic heterocycles. The van der Waals surface area contributed by atoms with Crippen LogP contribution in [0.25, 0.3) is 11.0 Å². The molecule has 0 aliphatic rings. The van der Waals surface area contributed by atoms with Gasteiger partial charge in [-0.25, -0.2) is 4.79 Å². The third kappa shape index (κ3) is 2.20. The fraction of sp³-hybridized carbons (Fsp3) is 0.231. The van der Waals surface area contributed by atoms with E-state index >= 15 is 0 Å². The van der Waals surface area contributed by atoms with Gasteiger partial charge in [-0.1, -0.05) is 18.2 Å². The van der Waals surface area contributed by atoms with Gasteiger partial charge in [0.1, 0.15) is 16.9 Å². The highest BCUT2D eigenvalue weighted by atomic mass is 16.5. The lowest BCUT2D eigenvalue weighted by atomic mass is 10.1. The second-order valence-electron chi connectivity index (χ2n) is 3.80. The second-order valence-corrected chi connectivity index (χ2v) is 3.80. The number of carbonyl (C=O) groups is 2. The zero-order valence-electron chi connectivity index (χ0n) is 10.1. The first-order chi connectivity index (χ1) is 8.63. The molecule has 1 heterocycles. The van der Waals surface area contributed by atoms with Gasteiger partial charge in [-0.2, -0.15) is 0 Å². The molecule has 94 valence electrons. The zero-order valence-corrected chi connectivity index (χ0v) is 10.1. The summed E-state index contributed by atoms with van der Waals surface area (Å²) in [5.41, 5.74) is 0.958. The Labute approximate surface area is 104 Å². The zero-order chi connectivity index (χ0) is 13.1. The Hall–Kier alpha value is -2.30. The van der Waals surface area contributed by atoms with Crippen LogP contribution < -0.4 is 5.32 Å². The number of hydrogen-bond acceptors (Lipinski definition) is 4. The smallest absolute Gasteiger partial charge is 0.342 e. The lowest BCUT2D eigenvalue weighted by Gasteiger charge is -2.01. The number of nitrogens with one attached hydrogen (secondary N) is 1. The Balaban J connectivity index is 2.49. The number of carbonyl (C=O) groups excluding carboxylic acids is 2. The molecule has 1 aromatic carbocycles. The maximum atomic E-state index is 11.8. The van der Waals surface area contributed by atoms with Crippen LogP contribution in [0.5, 0.6) is 0 Å². The molecular weight excluding hydrogens is 234 g/mol. The minimum absolute atomic E-state index is 0.161. The Morgan fingerprint density at radius 3 is 2.72 bits per heavy atom. The summed E-state index contributed by atoms with van der Waals surface area (Å²) in [7, 11) is 1.31. The fourth-order valence-electron chi connectivity index (χ4n) is 1.75. The number of amides is 1. The molecule has 0 unspecified atom stereocenters. The highest BCUT2D eigenvalue weighted by Crippen LogP contribution is 2.26. The van der Waals surface area contributed by atoms with Crippen LogP contribution in [0, 0.1) is 0 Å². The van der Waals surface area contributed by atoms with E-state index in [-0.39, 0.29) is 12.5 Å². The van der Waals surface area contributed by atoms with Crippen molar-refractivity contribution in [1.82, 2.24) is 5.32 Å². The van der Waals surface area contributed by atoms with E-state index in [1.807, 2.05) is 12.1 Å². The van der Waals surface area contributed by atoms with Gasteiger partial charge in [0, 0.05) is 12.3 Å². The minimum Gasteiger partial charge on any atom is -0.465 e. The van der Waals surface area contributed by atoms with E-state index in [0.717, 1.165) is 0 Å². The Morgan fingerprint density at radius 1 is 1.33 bits per heavy atom. The maximum absolute atomic E-state index is 11.8. The summed E-state index contributed by atoms with van der Waals surface area (Å²) < 4.78 is 10.3. The van der Waals surface area contributed by atoms with Crippen molar-refractivity contribution >= 4 is 22.8 Å². The highest BCUT2D eigenvalue weighted by molar-refractivity contribution is 6.04. The van der Waals surface area contributed by atoms with Crippen LogP contribution in [0.1, 0.15) is 23.0 Å². The van der Waals surface area contributed by atoms with Gasteiger partial charge >= 0.3 is 5.97 Å². The summed E-state index contributed by atoms with van der Waals surface area (Å²) >= 11 is 0. The average molecular weight is 247 g/mol. The molecule has 0 radical (unpaired) electrons. The molecule has 0 fully saturated rings. The van der Waals surface area contributed by atoms with Crippen LogP contribution in [-0.4, -0.2) is 19.0 Å². The molecule has 0 atom stereocenters. The minimum atomic E-state index is -0.472. The number of esters is 1. The van der Waals surface area contributed by atoms with E-state index in [4.69, 9.17) is 9.15 Å². The van der Waals surface area contributed by atoms with E-state index in [9.17, 15) is 9.59 Å². The fourth-order valence-corrected chi connectivity index (χ4v) is 1.75. The van der Waals surface area contributed by atoms with Gasteiger partial charge in [0.15, 0.2) is 0 Å². The molecule has 0 aliphatic heterocycles. The van der Waals surface area contributed by atoms with Crippen LogP contribution >= 0.6 is 0 Å². The van der Waals surface area contributed by atoms with Gasteiger partial charge in [0.2, 0.25) is 5.91 Å². The lowest BCUT2D eigenvalue weighted by Crippen LogP contribution is -2.20. The van der Waals surface area contributed by atoms with E-state index in [1.165, 1.54) is 14.0 Å². The first kappa shape index (κ1) is 12.2. The molecule has 5 nitrogen and oxygen atoms in total. The van der Waals surface area contributed by atoms with E-state index in [1.54, 1.807) is 12.1 Å². The van der Waals surface area contributed by atoms with Gasteiger partial charge in [-0.3, -0.25) is 4.79 Å². The molecule has 0 saturated carbocycles. The summed E-state index contributed by atoms with van der Waals surface area (Å²) in [4.78, 5) is 22.7. The van der Waals surface area contributed by atoms with Crippen molar-refractivity contribution in [1.29, 1.82) is 0 Å². The van der Waals surface area contributed by atoms with Gasteiger partial charge in [-0.15, -0.1) is 0 Å². The summed E-state index contributed by atoms with van der Waals surface area (Å²) in [6, 6.07) is 7.17. The van der Waals surface area contributed by atoms with Gasteiger partial charge < -0.3 is 14.5 Å². The monoisotopic (exact) mass is 247 g/mol. The van der Waals surface area contributed by atoms with Crippen molar-refractivity contribution in [2.24, 2.45) is 0 Å². The van der Waals surface area contributed by atoms with Crippen molar-refractivity contribution < 1.29 is 18.7 Å². The molecule has 5 heteroatoms. The quantitative estimate of drug-likeness (QED) is 0.840. The Kier molecular flexibility index (Phi) is 3.32. The number of hydrogen-bond donors (Lipinski definition) is 1. The third-order valence-electron chi connectivity index (χ3n) is 2.56. The first-order valence-corrected chi connectivity index (χ1v) is 5.46. The van der Waals surface area contributed by atoms with Gasteiger partial charge in [0.05, 0.1) is 13.7 Å². The molecule has 2 aromatic rings. The highest BCUT2D eigenvalue weighted by Gasteiger charge is 2.20. The predicted molar refractivity (Wildman–Crippen MR) is 65.1 cm³/mol. The van der Waals surface area contributed by atoms with Crippen molar-refractivity contribution in [3.05, 3.63) is 35.6 Å². The van der Waals surface area contributed by atoms with E-state index in [2.05, 4.69) is 5.32 Å². The second kappa shape index (κ2) is 4.91. The van der Waals surface area contributed by atoms with E-state index in [0.29, 0.717) is 22.3 Å². The number of rotatable bonds is 3. The molecule has 1 N–H and O–H groups in total. The normalized spacial score (nSPS) is 10.3. The molecule has 0 spiro atoms. The molecule has 1 amide bonds. The molecule has 2 rings (SSSR count). The number of para-hydroxylation sites is 1. The van der Waals surface area contributed by atoms with Crippen LogP contribution in [0.4, 0.5) is 0 Å². The van der Waals surface area contributed by atoms with Crippen LogP contribution in [0.15, 0.2) is 28.7 Å². The lowest BCUT2D eigenvalue weighted by molar-refractivity contribution is -0.119. The number of ether oxygens (including phenoxy) is 1. The van der Waals surface area contributed by atoms with Crippen molar-refractivity contribution in [2.45, 2.75) is 13.5 Å². The largest absolute Gasteiger partial charge is 0.465 e.